The van der Waals surface area contributed by atoms with E-state index < -0.39 is 0 Å². The highest BCUT2D eigenvalue weighted by atomic mass is 16.3. The number of aromatic nitrogens is 2. The molecular formula is C21H23N3O2. The molecule has 134 valence electrons. The fourth-order valence-corrected chi connectivity index (χ4v) is 3.11. The number of amides is 1. The second kappa shape index (κ2) is 7.97. The van der Waals surface area contributed by atoms with E-state index >= 15 is 0 Å². The number of hydrogen-bond acceptors (Lipinski definition) is 3. The van der Waals surface area contributed by atoms with Crippen LogP contribution in [0.2, 0.25) is 0 Å². The van der Waals surface area contributed by atoms with E-state index in [0.29, 0.717) is 17.8 Å². The molecule has 26 heavy (non-hydrogen) atoms. The standard InChI is InChI=1S/C21H23N3O2/c1-16-20(17(2)24(22-16)19-11-7-4-8-12-19)21(26)23(13-14-25)15-18-9-5-3-6-10-18/h3-12,25H,13-15H2,1-2H3. The van der Waals surface area contributed by atoms with Gasteiger partial charge in [-0.15, -0.1) is 0 Å². The highest BCUT2D eigenvalue weighted by Gasteiger charge is 2.24. The Morgan fingerprint density at radius 3 is 2.27 bits per heavy atom. The molecule has 0 radical (unpaired) electrons. The van der Waals surface area contributed by atoms with Gasteiger partial charge in [0.05, 0.1) is 29.2 Å². The Morgan fingerprint density at radius 2 is 1.65 bits per heavy atom. The summed E-state index contributed by atoms with van der Waals surface area (Å²) in [6.45, 7) is 4.40. The molecule has 1 N–H and O–H groups in total. The van der Waals surface area contributed by atoms with Crippen molar-refractivity contribution in [2.45, 2.75) is 20.4 Å². The van der Waals surface area contributed by atoms with E-state index in [2.05, 4.69) is 5.10 Å². The quantitative estimate of drug-likeness (QED) is 0.744. The smallest absolute Gasteiger partial charge is 0.257 e. The van der Waals surface area contributed by atoms with Crippen LogP contribution in [0.25, 0.3) is 5.69 Å². The average molecular weight is 349 g/mol. The first kappa shape index (κ1) is 17.9. The first-order valence-electron chi connectivity index (χ1n) is 8.67. The summed E-state index contributed by atoms with van der Waals surface area (Å²) in [7, 11) is 0. The van der Waals surface area contributed by atoms with E-state index in [9.17, 15) is 9.90 Å². The van der Waals surface area contributed by atoms with Crippen molar-refractivity contribution in [1.29, 1.82) is 0 Å². The van der Waals surface area contributed by atoms with Gasteiger partial charge < -0.3 is 10.0 Å². The number of benzene rings is 2. The minimum absolute atomic E-state index is 0.0799. The summed E-state index contributed by atoms with van der Waals surface area (Å²) in [6, 6.07) is 19.6. The molecule has 0 saturated heterocycles. The zero-order chi connectivity index (χ0) is 18.5. The Morgan fingerprint density at radius 1 is 1.04 bits per heavy atom. The monoisotopic (exact) mass is 349 g/mol. The number of hydrogen-bond donors (Lipinski definition) is 1. The minimum atomic E-state index is -0.111. The van der Waals surface area contributed by atoms with Crippen molar-refractivity contribution in [1.82, 2.24) is 14.7 Å². The minimum Gasteiger partial charge on any atom is -0.395 e. The van der Waals surface area contributed by atoms with Crippen molar-refractivity contribution in [3.8, 4) is 5.69 Å². The SMILES string of the molecule is Cc1nn(-c2ccccc2)c(C)c1C(=O)N(CCO)Cc1ccccc1. The van der Waals surface area contributed by atoms with Gasteiger partial charge in [-0.05, 0) is 31.5 Å². The molecule has 3 aromatic rings. The molecule has 0 aliphatic rings. The fourth-order valence-electron chi connectivity index (χ4n) is 3.11. The summed E-state index contributed by atoms with van der Waals surface area (Å²) in [6.07, 6.45) is 0. The molecule has 0 saturated carbocycles. The van der Waals surface area contributed by atoms with Crippen LogP contribution in [0, 0.1) is 13.8 Å². The summed E-state index contributed by atoms with van der Waals surface area (Å²) in [5.74, 6) is -0.111. The maximum Gasteiger partial charge on any atom is 0.257 e. The summed E-state index contributed by atoms with van der Waals surface area (Å²) in [4.78, 5) is 14.9. The topological polar surface area (TPSA) is 58.4 Å². The Balaban J connectivity index is 1.93. The van der Waals surface area contributed by atoms with Gasteiger partial charge in [-0.3, -0.25) is 4.79 Å². The Hall–Kier alpha value is -2.92. The van der Waals surface area contributed by atoms with Gasteiger partial charge in [0.2, 0.25) is 0 Å². The largest absolute Gasteiger partial charge is 0.395 e. The lowest BCUT2D eigenvalue weighted by atomic mass is 10.1. The number of aliphatic hydroxyl groups is 1. The predicted octanol–water partition coefficient (Wildman–Crippen LogP) is 3.12. The number of para-hydroxylation sites is 1. The van der Waals surface area contributed by atoms with Gasteiger partial charge in [0.15, 0.2) is 0 Å². The van der Waals surface area contributed by atoms with Crippen LogP contribution in [-0.2, 0) is 6.54 Å². The fraction of sp³-hybridized carbons (Fsp3) is 0.238. The van der Waals surface area contributed by atoms with Crippen molar-refractivity contribution < 1.29 is 9.90 Å². The average Bonchev–Trinajstić information content (AvgIpc) is 2.96. The van der Waals surface area contributed by atoms with Gasteiger partial charge >= 0.3 is 0 Å². The third-order valence-corrected chi connectivity index (χ3v) is 4.38. The van der Waals surface area contributed by atoms with Crippen molar-refractivity contribution in [3.05, 3.63) is 83.2 Å². The van der Waals surface area contributed by atoms with Crippen molar-refractivity contribution in [3.63, 3.8) is 0 Å². The van der Waals surface area contributed by atoms with Crippen LogP contribution in [0.15, 0.2) is 60.7 Å². The van der Waals surface area contributed by atoms with Gasteiger partial charge in [-0.25, -0.2) is 4.68 Å². The van der Waals surface area contributed by atoms with Crippen molar-refractivity contribution >= 4 is 5.91 Å². The number of carbonyl (C=O) groups is 1. The number of carbonyl (C=O) groups excluding carboxylic acids is 1. The van der Waals surface area contributed by atoms with E-state index in [-0.39, 0.29) is 19.1 Å². The molecule has 0 fully saturated rings. The van der Waals surface area contributed by atoms with Gasteiger partial charge in [-0.1, -0.05) is 48.5 Å². The molecule has 0 aliphatic carbocycles. The Bertz CT molecular complexity index is 873. The number of nitrogens with zero attached hydrogens (tertiary/aromatic N) is 3. The van der Waals surface area contributed by atoms with Gasteiger partial charge in [0.1, 0.15) is 0 Å². The van der Waals surface area contributed by atoms with Gasteiger partial charge in [0.25, 0.3) is 5.91 Å². The molecular weight excluding hydrogens is 326 g/mol. The normalized spacial score (nSPS) is 10.7. The maximum atomic E-state index is 13.2. The van der Waals surface area contributed by atoms with Crippen molar-refractivity contribution in [2.24, 2.45) is 0 Å². The van der Waals surface area contributed by atoms with Crippen LogP contribution in [0.4, 0.5) is 0 Å². The maximum absolute atomic E-state index is 13.2. The molecule has 5 heteroatoms. The van der Waals surface area contributed by atoms with Crippen LogP contribution in [-0.4, -0.2) is 38.8 Å². The lowest BCUT2D eigenvalue weighted by Gasteiger charge is -2.22. The summed E-state index contributed by atoms with van der Waals surface area (Å²) in [5.41, 5.74) is 4.03. The number of aryl methyl sites for hydroxylation is 1. The molecule has 1 amide bonds. The zero-order valence-corrected chi connectivity index (χ0v) is 15.1. The van der Waals surface area contributed by atoms with Crippen LogP contribution in [0.1, 0.15) is 27.3 Å². The summed E-state index contributed by atoms with van der Waals surface area (Å²) >= 11 is 0. The molecule has 1 heterocycles. The number of rotatable bonds is 6. The van der Waals surface area contributed by atoms with E-state index in [1.165, 1.54) is 0 Å². The molecule has 2 aromatic carbocycles. The highest BCUT2D eigenvalue weighted by molar-refractivity contribution is 5.96. The second-order valence-corrected chi connectivity index (χ2v) is 6.23. The first-order valence-corrected chi connectivity index (χ1v) is 8.67. The molecule has 5 nitrogen and oxygen atoms in total. The van der Waals surface area contributed by atoms with Crippen LogP contribution in [0.3, 0.4) is 0 Å². The zero-order valence-electron chi connectivity index (χ0n) is 15.1. The predicted molar refractivity (Wildman–Crippen MR) is 101 cm³/mol. The third-order valence-electron chi connectivity index (χ3n) is 4.38. The second-order valence-electron chi connectivity index (χ2n) is 6.23. The van der Waals surface area contributed by atoms with Gasteiger partial charge in [0, 0.05) is 13.1 Å². The first-order chi connectivity index (χ1) is 12.6. The Labute approximate surface area is 153 Å². The third kappa shape index (κ3) is 3.68. The molecule has 0 atom stereocenters. The Kier molecular flexibility index (Phi) is 5.49. The summed E-state index contributed by atoms with van der Waals surface area (Å²) < 4.78 is 1.79. The lowest BCUT2D eigenvalue weighted by Crippen LogP contribution is -2.33. The van der Waals surface area contributed by atoms with E-state index in [1.807, 2.05) is 74.5 Å². The molecule has 0 bridgehead atoms. The van der Waals surface area contributed by atoms with E-state index in [1.54, 1.807) is 9.58 Å². The van der Waals surface area contributed by atoms with E-state index in [4.69, 9.17) is 0 Å². The van der Waals surface area contributed by atoms with Crippen LogP contribution in [0.5, 0.6) is 0 Å². The molecule has 0 unspecified atom stereocenters. The summed E-state index contributed by atoms with van der Waals surface area (Å²) in [5, 5.41) is 14.0. The number of aliphatic hydroxyl groups excluding tert-OH is 1. The highest BCUT2D eigenvalue weighted by Crippen LogP contribution is 2.20. The van der Waals surface area contributed by atoms with Crippen LogP contribution < -0.4 is 0 Å². The lowest BCUT2D eigenvalue weighted by molar-refractivity contribution is 0.0706. The van der Waals surface area contributed by atoms with E-state index in [0.717, 1.165) is 16.9 Å². The molecule has 3 rings (SSSR count). The van der Waals surface area contributed by atoms with Crippen molar-refractivity contribution in [2.75, 3.05) is 13.2 Å². The molecule has 1 aromatic heterocycles. The van der Waals surface area contributed by atoms with Gasteiger partial charge in [-0.2, -0.15) is 5.10 Å². The van der Waals surface area contributed by atoms with Crippen LogP contribution >= 0.6 is 0 Å². The molecule has 0 aliphatic heterocycles. The molecule has 0 spiro atoms.